The Morgan fingerprint density at radius 2 is 2.00 bits per heavy atom. The Balaban J connectivity index is 2.74. The van der Waals surface area contributed by atoms with Gasteiger partial charge in [-0.1, -0.05) is 19.9 Å². The van der Waals surface area contributed by atoms with Crippen LogP contribution in [0.3, 0.4) is 0 Å². The molecule has 1 aromatic carbocycles. The fourth-order valence-electron chi connectivity index (χ4n) is 1.90. The SMILES string of the molecule is CC(=O)N(CC(=O)NCCC(C)C)c1ccc(C)cc1Br. The maximum absolute atomic E-state index is 12.0. The summed E-state index contributed by atoms with van der Waals surface area (Å²) in [7, 11) is 0. The lowest BCUT2D eigenvalue weighted by molar-refractivity contribution is -0.123. The van der Waals surface area contributed by atoms with Crippen molar-refractivity contribution in [3.05, 3.63) is 28.2 Å². The number of anilines is 1. The van der Waals surface area contributed by atoms with E-state index >= 15 is 0 Å². The maximum Gasteiger partial charge on any atom is 0.240 e. The predicted octanol–water partition coefficient (Wildman–Crippen LogP) is 3.27. The molecule has 0 atom stereocenters. The first-order valence-corrected chi connectivity index (χ1v) is 7.91. The van der Waals surface area contributed by atoms with Crippen molar-refractivity contribution < 1.29 is 9.59 Å². The molecular weight excluding hydrogens is 332 g/mol. The summed E-state index contributed by atoms with van der Waals surface area (Å²) in [5, 5.41) is 2.85. The molecular formula is C16H23BrN2O2. The number of carbonyl (C=O) groups is 2. The van der Waals surface area contributed by atoms with Crippen LogP contribution in [-0.4, -0.2) is 24.9 Å². The molecule has 1 aromatic rings. The summed E-state index contributed by atoms with van der Waals surface area (Å²) in [5.41, 5.74) is 1.81. The molecule has 0 unspecified atom stereocenters. The zero-order valence-corrected chi connectivity index (χ0v) is 14.7. The summed E-state index contributed by atoms with van der Waals surface area (Å²) in [6.07, 6.45) is 0.931. The van der Waals surface area contributed by atoms with Crippen molar-refractivity contribution in [1.29, 1.82) is 0 Å². The van der Waals surface area contributed by atoms with Crippen molar-refractivity contribution in [3.63, 3.8) is 0 Å². The van der Waals surface area contributed by atoms with E-state index in [-0.39, 0.29) is 18.4 Å². The number of hydrogen-bond acceptors (Lipinski definition) is 2. The summed E-state index contributed by atoms with van der Waals surface area (Å²) >= 11 is 3.45. The molecule has 0 heterocycles. The number of rotatable bonds is 6. The second kappa shape index (κ2) is 8.17. The van der Waals surface area contributed by atoms with Crippen LogP contribution < -0.4 is 10.2 Å². The predicted molar refractivity (Wildman–Crippen MR) is 89.4 cm³/mol. The highest BCUT2D eigenvalue weighted by atomic mass is 79.9. The Labute approximate surface area is 135 Å². The number of nitrogens with zero attached hydrogens (tertiary/aromatic N) is 1. The average molecular weight is 355 g/mol. The smallest absolute Gasteiger partial charge is 0.240 e. The molecule has 0 bridgehead atoms. The van der Waals surface area contributed by atoms with Crippen molar-refractivity contribution in [2.75, 3.05) is 18.0 Å². The molecule has 0 aliphatic rings. The van der Waals surface area contributed by atoms with Gasteiger partial charge in [0.1, 0.15) is 6.54 Å². The summed E-state index contributed by atoms with van der Waals surface area (Å²) in [6, 6.07) is 5.71. The largest absolute Gasteiger partial charge is 0.355 e. The minimum absolute atomic E-state index is 0.0368. The highest BCUT2D eigenvalue weighted by Gasteiger charge is 2.18. The van der Waals surface area contributed by atoms with Gasteiger partial charge in [0, 0.05) is 17.9 Å². The van der Waals surface area contributed by atoms with Crippen molar-refractivity contribution in [3.8, 4) is 0 Å². The van der Waals surface area contributed by atoms with Crippen LogP contribution in [0.5, 0.6) is 0 Å². The van der Waals surface area contributed by atoms with Gasteiger partial charge in [-0.2, -0.15) is 0 Å². The fraction of sp³-hybridized carbons (Fsp3) is 0.500. The second-order valence-electron chi connectivity index (χ2n) is 5.59. The standard InChI is InChI=1S/C16H23BrN2O2/c1-11(2)7-8-18-16(21)10-19(13(4)20)15-6-5-12(3)9-14(15)17/h5-6,9,11H,7-8,10H2,1-4H3,(H,18,21). The van der Waals surface area contributed by atoms with Gasteiger partial charge in [0.15, 0.2) is 0 Å². The maximum atomic E-state index is 12.0. The van der Waals surface area contributed by atoms with Gasteiger partial charge in [-0.25, -0.2) is 0 Å². The van der Waals surface area contributed by atoms with Crippen molar-refractivity contribution in [2.45, 2.75) is 34.1 Å². The Morgan fingerprint density at radius 3 is 2.52 bits per heavy atom. The molecule has 0 aliphatic heterocycles. The minimum atomic E-state index is -0.154. The van der Waals surface area contributed by atoms with Crippen molar-refractivity contribution >= 4 is 33.4 Å². The van der Waals surface area contributed by atoms with Crippen molar-refractivity contribution in [2.24, 2.45) is 5.92 Å². The molecule has 2 amide bonds. The van der Waals surface area contributed by atoms with E-state index in [4.69, 9.17) is 0 Å². The number of halogens is 1. The molecule has 0 saturated carbocycles. The molecule has 0 radical (unpaired) electrons. The van der Waals surface area contributed by atoms with E-state index in [1.165, 1.54) is 11.8 Å². The summed E-state index contributed by atoms with van der Waals surface area (Å²) < 4.78 is 0.813. The summed E-state index contributed by atoms with van der Waals surface area (Å²) in [4.78, 5) is 25.3. The van der Waals surface area contributed by atoms with Crippen LogP contribution in [0.4, 0.5) is 5.69 Å². The fourth-order valence-corrected chi connectivity index (χ4v) is 2.60. The quantitative estimate of drug-likeness (QED) is 0.852. The third kappa shape index (κ3) is 5.87. The van der Waals surface area contributed by atoms with Gasteiger partial charge in [-0.05, 0) is 52.9 Å². The molecule has 0 spiro atoms. The van der Waals surface area contributed by atoms with E-state index in [0.29, 0.717) is 18.2 Å². The molecule has 0 aromatic heterocycles. The number of benzene rings is 1. The van der Waals surface area contributed by atoms with Gasteiger partial charge < -0.3 is 10.2 Å². The lowest BCUT2D eigenvalue weighted by atomic mass is 10.1. The van der Waals surface area contributed by atoms with Gasteiger partial charge in [0.05, 0.1) is 5.69 Å². The van der Waals surface area contributed by atoms with E-state index in [2.05, 4.69) is 35.1 Å². The normalized spacial score (nSPS) is 10.6. The molecule has 4 nitrogen and oxygen atoms in total. The lowest BCUT2D eigenvalue weighted by Gasteiger charge is -2.22. The summed E-state index contributed by atoms with van der Waals surface area (Å²) in [6.45, 7) is 8.33. The number of carbonyl (C=O) groups excluding carboxylic acids is 2. The van der Waals surface area contributed by atoms with E-state index in [1.54, 1.807) is 0 Å². The van der Waals surface area contributed by atoms with E-state index in [0.717, 1.165) is 16.5 Å². The van der Waals surface area contributed by atoms with E-state index in [1.807, 2.05) is 25.1 Å². The second-order valence-corrected chi connectivity index (χ2v) is 6.45. The van der Waals surface area contributed by atoms with E-state index < -0.39 is 0 Å². The monoisotopic (exact) mass is 354 g/mol. The topological polar surface area (TPSA) is 49.4 Å². The van der Waals surface area contributed by atoms with Crippen LogP contribution in [0.2, 0.25) is 0 Å². The van der Waals surface area contributed by atoms with Crippen LogP contribution in [0.1, 0.15) is 32.8 Å². The molecule has 0 aliphatic carbocycles. The molecule has 1 rings (SSSR count). The van der Waals surface area contributed by atoms with Gasteiger partial charge in [0.2, 0.25) is 11.8 Å². The lowest BCUT2D eigenvalue weighted by Crippen LogP contribution is -2.40. The first kappa shape index (κ1) is 17.7. The number of nitrogens with one attached hydrogen (secondary N) is 1. The Hall–Kier alpha value is -1.36. The third-order valence-corrected chi connectivity index (χ3v) is 3.75. The van der Waals surface area contributed by atoms with Crippen LogP contribution in [0.25, 0.3) is 0 Å². The highest BCUT2D eigenvalue weighted by Crippen LogP contribution is 2.27. The highest BCUT2D eigenvalue weighted by molar-refractivity contribution is 9.10. The number of hydrogen-bond donors (Lipinski definition) is 1. The van der Waals surface area contributed by atoms with Gasteiger partial charge in [-0.3, -0.25) is 9.59 Å². The van der Waals surface area contributed by atoms with Crippen molar-refractivity contribution in [1.82, 2.24) is 5.32 Å². The van der Waals surface area contributed by atoms with Crippen LogP contribution >= 0.6 is 15.9 Å². The molecule has 0 saturated heterocycles. The molecule has 21 heavy (non-hydrogen) atoms. The first-order valence-electron chi connectivity index (χ1n) is 7.12. The molecule has 0 fully saturated rings. The van der Waals surface area contributed by atoms with Gasteiger partial charge in [-0.15, -0.1) is 0 Å². The first-order chi connectivity index (χ1) is 9.81. The third-order valence-electron chi connectivity index (χ3n) is 3.12. The minimum Gasteiger partial charge on any atom is -0.355 e. The zero-order valence-electron chi connectivity index (χ0n) is 13.1. The summed E-state index contributed by atoms with van der Waals surface area (Å²) in [5.74, 6) is 0.248. The van der Waals surface area contributed by atoms with E-state index in [9.17, 15) is 9.59 Å². The number of aryl methyl sites for hydroxylation is 1. The van der Waals surface area contributed by atoms with Crippen LogP contribution in [-0.2, 0) is 9.59 Å². The molecule has 116 valence electrons. The zero-order chi connectivity index (χ0) is 16.0. The number of amides is 2. The Kier molecular flexibility index (Phi) is 6.89. The molecule has 1 N–H and O–H groups in total. The van der Waals surface area contributed by atoms with Gasteiger partial charge >= 0.3 is 0 Å². The Morgan fingerprint density at radius 1 is 1.33 bits per heavy atom. The van der Waals surface area contributed by atoms with Crippen LogP contribution in [0, 0.1) is 12.8 Å². The van der Waals surface area contributed by atoms with Crippen LogP contribution in [0.15, 0.2) is 22.7 Å². The average Bonchev–Trinajstić information content (AvgIpc) is 2.36. The Bertz CT molecular complexity index is 515. The molecule has 5 heteroatoms. The van der Waals surface area contributed by atoms with Gasteiger partial charge in [0.25, 0.3) is 0 Å².